The molecule has 2 aromatic carbocycles. The molecule has 1 fully saturated rings. The quantitative estimate of drug-likeness (QED) is 0.662. The molecule has 4 rings (SSSR count). The molecule has 1 saturated heterocycles. The van der Waals surface area contributed by atoms with Gasteiger partial charge >= 0.3 is 0 Å². The molecule has 3 N–H and O–H groups in total. The minimum atomic E-state index is 0.231. The lowest BCUT2D eigenvalue weighted by Crippen LogP contribution is -2.40. The first kappa shape index (κ1) is 19.5. The molecule has 3 aromatic rings. The highest BCUT2D eigenvalue weighted by atomic mass is 35.5. The summed E-state index contributed by atoms with van der Waals surface area (Å²) in [7, 11) is 0. The van der Waals surface area contributed by atoms with E-state index in [9.17, 15) is 5.26 Å². The van der Waals surface area contributed by atoms with E-state index >= 15 is 0 Å². The summed E-state index contributed by atoms with van der Waals surface area (Å²) in [6.45, 7) is 4.32. The molecule has 0 bridgehead atoms. The van der Waals surface area contributed by atoms with Crippen molar-refractivity contribution in [3.8, 4) is 6.07 Å². The van der Waals surface area contributed by atoms with E-state index in [0.29, 0.717) is 22.9 Å². The maximum atomic E-state index is 10.0. The van der Waals surface area contributed by atoms with E-state index in [2.05, 4.69) is 41.4 Å². The van der Waals surface area contributed by atoms with Crippen LogP contribution in [0.5, 0.6) is 0 Å². The monoisotopic (exact) mass is 405 g/mol. The Bertz CT molecular complexity index is 1060. The van der Waals surface area contributed by atoms with Crippen LogP contribution in [0.2, 0.25) is 5.02 Å². The number of nitriles is 1. The highest BCUT2D eigenvalue weighted by Crippen LogP contribution is 2.36. The molecule has 148 valence electrons. The second-order valence-electron chi connectivity index (χ2n) is 7.62. The highest BCUT2D eigenvalue weighted by Gasteiger charge is 2.24. The average molecular weight is 406 g/mol. The Morgan fingerprint density at radius 3 is 2.62 bits per heavy atom. The zero-order valence-corrected chi connectivity index (χ0v) is 17.2. The van der Waals surface area contributed by atoms with E-state index in [1.165, 1.54) is 0 Å². The zero-order chi connectivity index (χ0) is 20.4. The number of benzene rings is 2. The Morgan fingerprint density at radius 1 is 1.21 bits per heavy atom. The van der Waals surface area contributed by atoms with E-state index in [-0.39, 0.29) is 6.04 Å². The van der Waals surface area contributed by atoms with Crippen molar-refractivity contribution in [1.29, 1.82) is 5.26 Å². The smallest absolute Gasteiger partial charge is 0.147 e. The summed E-state index contributed by atoms with van der Waals surface area (Å²) in [6.07, 6.45) is 1.85. The van der Waals surface area contributed by atoms with Crippen LogP contribution in [-0.4, -0.2) is 24.1 Å². The summed E-state index contributed by atoms with van der Waals surface area (Å²) < 4.78 is 0. The van der Waals surface area contributed by atoms with Crippen LogP contribution in [-0.2, 0) is 6.54 Å². The third-order valence-electron chi connectivity index (χ3n) is 5.46. The number of fused-ring (bicyclic) bond motifs is 1. The number of nitrogens with two attached hydrogens (primary N) is 1. The summed E-state index contributed by atoms with van der Waals surface area (Å²) in [5.41, 5.74) is 10.8. The summed E-state index contributed by atoms with van der Waals surface area (Å²) >= 11 is 5.98. The van der Waals surface area contributed by atoms with Gasteiger partial charge in [-0.05, 0) is 49.1 Å². The highest BCUT2D eigenvalue weighted by molar-refractivity contribution is 6.30. The summed E-state index contributed by atoms with van der Waals surface area (Å²) in [4.78, 5) is 7.09. The number of aryl methyl sites for hydroxylation is 1. The predicted molar refractivity (Wildman–Crippen MR) is 119 cm³/mol. The van der Waals surface area contributed by atoms with Crippen molar-refractivity contribution in [2.45, 2.75) is 32.4 Å². The largest absolute Gasteiger partial charge is 0.370 e. The molecule has 6 heteroatoms. The number of aromatic nitrogens is 1. The average Bonchev–Trinajstić information content (AvgIpc) is 2.72. The van der Waals surface area contributed by atoms with Crippen molar-refractivity contribution in [1.82, 2.24) is 4.98 Å². The third-order valence-corrected chi connectivity index (χ3v) is 5.71. The Morgan fingerprint density at radius 2 is 1.93 bits per heavy atom. The Hall–Kier alpha value is -2.81. The molecule has 0 atom stereocenters. The fraction of sp³-hybridized carbons (Fsp3) is 0.304. The van der Waals surface area contributed by atoms with E-state index in [4.69, 9.17) is 22.3 Å². The summed E-state index contributed by atoms with van der Waals surface area (Å²) in [5.74, 6) is 0.616. The number of halogens is 1. The molecule has 1 aliphatic heterocycles. The molecule has 0 unspecified atom stereocenters. The number of anilines is 2. The van der Waals surface area contributed by atoms with Gasteiger partial charge in [-0.25, -0.2) is 4.98 Å². The fourth-order valence-electron chi connectivity index (χ4n) is 3.83. The number of rotatable bonds is 4. The third kappa shape index (κ3) is 4.14. The lowest BCUT2D eigenvalue weighted by Gasteiger charge is -2.33. The van der Waals surface area contributed by atoms with Gasteiger partial charge in [0.1, 0.15) is 17.5 Å². The lowest BCUT2D eigenvalue weighted by molar-refractivity contribution is 0.502. The SMILES string of the molecule is Cc1ccc2c(N3CCC(N)CC3)c(C#N)c(NCc3ccc(Cl)cc3)nc2c1. The van der Waals surface area contributed by atoms with Gasteiger partial charge < -0.3 is 16.0 Å². The number of hydrogen-bond acceptors (Lipinski definition) is 5. The molecule has 0 aliphatic carbocycles. The molecule has 0 radical (unpaired) electrons. The lowest BCUT2D eigenvalue weighted by atomic mass is 10.0. The van der Waals surface area contributed by atoms with Crippen molar-refractivity contribution < 1.29 is 0 Å². The van der Waals surface area contributed by atoms with Crippen molar-refractivity contribution in [3.63, 3.8) is 0 Å². The molecule has 5 nitrogen and oxygen atoms in total. The number of nitrogens with one attached hydrogen (secondary N) is 1. The Kier molecular flexibility index (Phi) is 5.57. The maximum Gasteiger partial charge on any atom is 0.147 e. The second kappa shape index (κ2) is 8.28. The molecular weight excluding hydrogens is 382 g/mol. The normalized spacial score (nSPS) is 14.8. The van der Waals surface area contributed by atoms with E-state index < -0.39 is 0 Å². The second-order valence-corrected chi connectivity index (χ2v) is 8.06. The maximum absolute atomic E-state index is 10.0. The molecule has 29 heavy (non-hydrogen) atoms. The molecule has 1 aromatic heterocycles. The van der Waals surface area contributed by atoms with Gasteiger partial charge in [0.15, 0.2) is 0 Å². The van der Waals surface area contributed by atoms with Crippen LogP contribution in [0.25, 0.3) is 10.9 Å². The zero-order valence-electron chi connectivity index (χ0n) is 16.5. The summed E-state index contributed by atoms with van der Waals surface area (Å²) in [5, 5.41) is 15.1. The van der Waals surface area contributed by atoms with E-state index in [0.717, 1.165) is 53.6 Å². The molecule has 0 amide bonds. The number of piperidine rings is 1. The van der Waals surface area contributed by atoms with Crippen molar-refractivity contribution in [3.05, 3.63) is 64.2 Å². The van der Waals surface area contributed by atoms with Gasteiger partial charge in [-0.15, -0.1) is 0 Å². The van der Waals surface area contributed by atoms with Crippen molar-refractivity contribution in [2.24, 2.45) is 5.73 Å². The van der Waals surface area contributed by atoms with Gasteiger partial charge in [0.25, 0.3) is 0 Å². The Balaban J connectivity index is 1.77. The summed E-state index contributed by atoms with van der Waals surface area (Å²) in [6, 6.07) is 16.5. The van der Waals surface area contributed by atoms with Crippen LogP contribution in [0.15, 0.2) is 42.5 Å². The van der Waals surface area contributed by atoms with E-state index in [1.54, 1.807) is 0 Å². The standard InChI is InChI=1S/C23H24ClN5/c1-15-2-7-19-21(12-15)28-23(27-14-16-3-5-17(24)6-4-16)20(13-25)22(19)29-10-8-18(26)9-11-29/h2-7,12,18H,8-11,14,26H2,1H3,(H,27,28). The van der Waals surface area contributed by atoms with Crippen LogP contribution >= 0.6 is 11.6 Å². The van der Waals surface area contributed by atoms with Crippen LogP contribution in [0.4, 0.5) is 11.5 Å². The number of hydrogen-bond donors (Lipinski definition) is 2. The van der Waals surface area contributed by atoms with Crippen LogP contribution < -0.4 is 16.0 Å². The number of nitrogens with zero attached hydrogens (tertiary/aromatic N) is 3. The molecule has 0 saturated carbocycles. The molecule has 1 aliphatic rings. The van der Waals surface area contributed by atoms with Crippen molar-refractivity contribution in [2.75, 3.05) is 23.3 Å². The van der Waals surface area contributed by atoms with Gasteiger partial charge in [-0.1, -0.05) is 35.9 Å². The van der Waals surface area contributed by atoms with E-state index in [1.807, 2.05) is 24.3 Å². The number of pyridine rings is 1. The first-order chi connectivity index (χ1) is 14.0. The van der Waals surface area contributed by atoms with Crippen LogP contribution in [0.1, 0.15) is 29.5 Å². The van der Waals surface area contributed by atoms with Crippen molar-refractivity contribution >= 4 is 34.0 Å². The van der Waals surface area contributed by atoms with Gasteiger partial charge in [-0.3, -0.25) is 0 Å². The Labute approximate surface area is 176 Å². The van der Waals surface area contributed by atoms with Crippen LogP contribution in [0.3, 0.4) is 0 Å². The first-order valence-corrected chi connectivity index (χ1v) is 10.3. The molecule has 2 heterocycles. The van der Waals surface area contributed by atoms with Gasteiger partial charge in [0.2, 0.25) is 0 Å². The van der Waals surface area contributed by atoms with Gasteiger partial charge in [-0.2, -0.15) is 5.26 Å². The first-order valence-electron chi connectivity index (χ1n) is 9.88. The molecular formula is C23H24ClN5. The predicted octanol–water partition coefficient (Wildman–Crippen LogP) is 4.61. The van der Waals surface area contributed by atoms with Gasteiger partial charge in [0.05, 0.1) is 11.2 Å². The fourth-order valence-corrected chi connectivity index (χ4v) is 3.96. The minimum Gasteiger partial charge on any atom is -0.370 e. The van der Waals surface area contributed by atoms with Gasteiger partial charge in [0, 0.05) is 36.1 Å². The van der Waals surface area contributed by atoms with Crippen LogP contribution in [0, 0.1) is 18.3 Å². The topological polar surface area (TPSA) is 78.0 Å². The minimum absolute atomic E-state index is 0.231. The molecule has 0 spiro atoms.